The minimum absolute atomic E-state index is 0.996. The van der Waals surface area contributed by atoms with Crippen LogP contribution in [0.1, 0.15) is 65.7 Å². The van der Waals surface area contributed by atoms with Crippen LogP contribution in [0.3, 0.4) is 0 Å². The van der Waals surface area contributed by atoms with Crippen molar-refractivity contribution in [2.75, 3.05) is 0 Å². The van der Waals surface area contributed by atoms with Gasteiger partial charge in [-0.25, -0.2) is 0 Å². The van der Waals surface area contributed by atoms with E-state index < -0.39 is 0 Å². The summed E-state index contributed by atoms with van der Waals surface area (Å²) in [6.07, 6.45) is 10.6. The van der Waals surface area contributed by atoms with Gasteiger partial charge in [0.1, 0.15) is 0 Å². The summed E-state index contributed by atoms with van der Waals surface area (Å²) in [5, 5.41) is 0. The van der Waals surface area contributed by atoms with E-state index in [2.05, 4.69) is 20.8 Å². The summed E-state index contributed by atoms with van der Waals surface area (Å²) in [4.78, 5) is 0. The van der Waals surface area contributed by atoms with E-state index in [9.17, 15) is 0 Å². The first-order chi connectivity index (χ1) is 7.15. The molecule has 88 valence electrons. The van der Waals surface area contributed by atoms with Gasteiger partial charge in [-0.05, 0) is 55.3 Å². The van der Waals surface area contributed by atoms with Gasteiger partial charge >= 0.3 is 0 Å². The van der Waals surface area contributed by atoms with Crippen molar-refractivity contribution in [3.63, 3.8) is 0 Å². The fourth-order valence-electron chi connectivity index (χ4n) is 4.31. The van der Waals surface area contributed by atoms with E-state index >= 15 is 0 Å². The van der Waals surface area contributed by atoms with Gasteiger partial charge in [-0.3, -0.25) is 0 Å². The second-order valence-electron chi connectivity index (χ2n) is 6.69. The predicted octanol–water partition coefficient (Wildman–Crippen LogP) is 4.89. The molecule has 2 aliphatic carbocycles. The Bertz CT molecular complexity index is 186. The van der Waals surface area contributed by atoms with E-state index in [0.29, 0.717) is 0 Å². The molecule has 0 spiro atoms. The Kier molecular flexibility index (Phi) is 3.74. The van der Waals surface area contributed by atoms with Crippen LogP contribution in [0.4, 0.5) is 0 Å². The first kappa shape index (κ1) is 11.5. The van der Waals surface area contributed by atoms with Crippen molar-refractivity contribution in [2.45, 2.75) is 65.7 Å². The van der Waals surface area contributed by atoms with Crippen LogP contribution < -0.4 is 0 Å². The first-order valence-electron chi connectivity index (χ1n) is 7.15. The molecule has 0 nitrogen and oxygen atoms in total. The SMILES string of the molecule is CC1CC(C)CC(CC2CCCC2C)C1. The zero-order valence-corrected chi connectivity index (χ0v) is 10.8. The van der Waals surface area contributed by atoms with Gasteiger partial charge in [0.25, 0.3) is 0 Å². The Morgan fingerprint density at radius 1 is 0.867 bits per heavy atom. The Morgan fingerprint density at radius 2 is 1.53 bits per heavy atom. The van der Waals surface area contributed by atoms with Gasteiger partial charge in [0.05, 0.1) is 0 Å². The lowest BCUT2D eigenvalue weighted by atomic mass is 9.72. The Morgan fingerprint density at radius 3 is 2.07 bits per heavy atom. The molecule has 0 radical (unpaired) electrons. The molecule has 2 rings (SSSR count). The summed E-state index contributed by atoms with van der Waals surface area (Å²) < 4.78 is 0. The van der Waals surface area contributed by atoms with E-state index in [4.69, 9.17) is 0 Å². The molecule has 15 heavy (non-hydrogen) atoms. The average Bonchev–Trinajstić information content (AvgIpc) is 2.50. The lowest BCUT2D eigenvalue weighted by Crippen LogP contribution is -2.22. The van der Waals surface area contributed by atoms with Crippen LogP contribution in [0, 0.1) is 29.6 Å². The number of rotatable bonds is 2. The number of hydrogen-bond donors (Lipinski definition) is 0. The van der Waals surface area contributed by atoms with Gasteiger partial charge in [0.15, 0.2) is 0 Å². The maximum Gasteiger partial charge on any atom is -0.0386 e. The van der Waals surface area contributed by atoms with E-state index in [0.717, 1.165) is 29.6 Å². The normalized spacial score (nSPS) is 47.0. The molecule has 0 aromatic heterocycles. The third-order valence-corrected chi connectivity index (χ3v) is 4.95. The molecule has 0 heteroatoms. The molecular weight excluding hydrogens is 180 g/mol. The predicted molar refractivity (Wildman–Crippen MR) is 66.8 cm³/mol. The Labute approximate surface area is 95.8 Å². The minimum Gasteiger partial charge on any atom is -0.0625 e. The van der Waals surface area contributed by atoms with E-state index in [1.165, 1.54) is 38.5 Å². The Balaban J connectivity index is 1.83. The van der Waals surface area contributed by atoms with Gasteiger partial charge < -0.3 is 0 Å². The highest BCUT2D eigenvalue weighted by Gasteiger charge is 2.30. The maximum atomic E-state index is 2.48. The zero-order valence-electron chi connectivity index (χ0n) is 10.8. The van der Waals surface area contributed by atoms with E-state index in [-0.39, 0.29) is 0 Å². The molecule has 0 N–H and O–H groups in total. The molecule has 0 aliphatic heterocycles. The average molecular weight is 208 g/mol. The summed E-state index contributed by atoms with van der Waals surface area (Å²) in [5.74, 6) is 5.16. The summed E-state index contributed by atoms with van der Waals surface area (Å²) in [6, 6.07) is 0. The van der Waals surface area contributed by atoms with Crippen molar-refractivity contribution < 1.29 is 0 Å². The van der Waals surface area contributed by atoms with Crippen molar-refractivity contribution in [3.05, 3.63) is 0 Å². The highest BCUT2D eigenvalue weighted by atomic mass is 14.4. The first-order valence-corrected chi connectivity index (χ1v) is 7.15. The molecule has 0 aromatic rings. The van der Waals surface area contributed by atoms with Crippen molar-refractivity contribution in [3.8, 4) is 0 Å². The van der Waals surface area contributed by atoms with Gasteiger partial charge in [-0.1, -0.05) is 40.0 Å². The van der Waals surface area contributed by atoms with Crippen LogP contribution in [-0.4, -0.2) is 0 Å². The van der Waals surface area contributed by atoms with E-state index in [1.54, 1.807) is 6.42 Å². The summed E-state index contributed by atoms with van der Waals surface area (Å²) >= 11 is 0. The molecule has 4 unspecified atom stereocenters. The standard InChI is InChI=1S/C15H28/c1-11-7-12(2)9-14(8-11)10-15-6-4-5-13(15)3/h11-15H,4-10H2,1-3H3. The second-order valence-corrected chi connectivity index (χ2v) is 6.69. The smallest absolute Gasteiger partial charge is 0.0386 e. The topological polar surface area (TPSA) is 0 Å². The quantitative estimate of drug-likeness (QED) is 0.606. The van der Waals surface area contributed by atoms with E-state index in [1.807, 2.05) is 0 Å². The monoisotopic (exact) mass is 208 g/mol. The van der Waals surface area contributed by atoms with Crippen molar-refractivity contribution in [1.82, 2.24) is 0 Å². The van der Waals surface area contributed by atoms with Crippen LogP contribution >= 0.6 is 0 Å². The molecule has 2 aliphatic rings. The third kappa shape index (κ3) is 2.98. The van der Waals surface area contributed by atoms with Gasteiger partial charge in [-0.2, -0.15) is 0 Å². The zero-order chi connectivity index (χ0) is 10.8. The van der Waals surface area contributed by atoms with Crippen LogP contribution in [0.15, 0.2) is 0 Å². The fourth-order valence-corrected chi connectivity index (χ4v) is 4.31. The van der Waals surface area contributed by atoms with Crippen molar-refractivity contribution in [2.24, 2.45) is 29.6 Å². The highest BCUT2D eigenvalue weighted by molar-refractivity contribution is 4.81. The van der Waals surface area contributed by atoms with Crippen LogP contribution in [0.5, 0.6) is 0 Å². The van der Waals surface area contributed by atoms with Crippen LogP contribution in [-0.2, 0) is 0 Å². The van der Waals surface area contributed by atoms with Crippen molar-refractivity contribution >= 4 is 0 Å². The van der Waals surface area contributed by atoms with Gasteiger partial charge in [-0.15, -0.1) is 0 Å². The molecule has 2 fully saturated rings. The third-order valence-electron chi connectivity index (χ3n) is 4.95. The van der Waals surface area contributed by atoms with Crippen LogP contribution in [0.2, 0.25) is 0 Å². The molecule has 0 heterocycles. The molecule has 0 amide bonds. The Hall–Kier alpha value is 0. The maximum absolute atomic E-state index is 2.48. The van der Waals surface area contributed by atoms with Crippen LogP contribution in [0.25, 0.3) is 0 Å². The molecule has 0 bridgehead atoms. The fraction of sp³-hybridized carbons (Fsp3) is 1.00. The highest BCUT2D eigenvalue weighted by Crippen LogP contribution is 2.41. The molecule has 2 saturated carbocycles. The molecule has 0 saturated heterocycles. The molecular formula is C15H28. The van der Waals surface area contributed by atoms with Gasteiger partial charge in [0.2, 0.25) is 0 Å². The van der Waals surface area contributed by atoms with Gasteiger partial charge in [0, 0.05) is 0 Å². The summed E-state index contributed by atoms with van der Waals surface area (Å²) in [6.45, 7) is 7.40. The molecule has 4 atom stereocenters. The lowest BCUT2D eigenvalue weighted by molar-refractivity contribution is 0.178. The minimum atomic E-state index is 0.996. The van der Waals surface area contributed by atoms with Crippen molar-refractivity contribution in [1.29, 1.82) is 0 Å². The summed E-state index contributed by atoms with van der Waals surface area (Å²) in [7, 11) is 0. The summed E-state index contributed by atoms with van der Waals surface area (Å²) in [5.41, 5.74) is 0. The lowest BCUT2D eigenvalue weighted by Gasteiger charge is -2.33. The second kappa shape index (κ2) is 4.89. The molecule has 0 aromatic carbocycles. The number of hydrogen-bond acceptors (Lipinski definition) is 0. The largest absolute Gasteiger partial charge is 0.0625 e.